The maximum Gasteiger partial charge on any atom is 0.226 e. The Kier molecular flexibility index (Phi) is 3.61. The number of benzene rings is 2. The summed E-state index contributed by atoms with van der Waals surface area (Å²) in [4.78, 5) is 10.6. The minimum absolute atomic E-state index is 0.281. The topological polar surface area (TPSA) is 98.0 Å². The number of hydrogen-bond donors (Lipinski definition) is 4. The molecule has 0 amide bonds. The lowest BCUT2D eigenvalue weighted by molar-refractivity contribution is 0.403. The van der Waals surface area contributed by atoms with E-state index in [-0.39, 0.29) is 23.0 Å². The van der Waals surface area contributed by atoms with Crippen LogP contribution >= 0.6 is 0 Å². The molecule has 0 aromatic heterocycles. The summed E-state index contributed by atoms with van der Waals surface area (Å²) in [6.45, 7) is 0. The third kappa shape index (κ3) is 2.56. The van der Waals surface area contributed by atoms with Gasteiger partial charge in [0.2, 0.25) is 6.29 Å². The van der Waals surface area contributed by atoms with Gasteiger partial charge in [0.1, 0.15) is 0 Å². The third-order valence-corrected chi connectivity index (χ3v) is 2.78. The normalized spacial score (nSPS) is 10.0. The van der Waals surface area contributed by atoms with E-state index in [1.807, 2.05) is 0 Å². The molecule has 0 aliphatic heterocycles. The summed E-state index contributed by atoms with van der Waals surface area (Å²) in [6, 6.07) is 8.13. The molecular formula is C15H11O5. The molecule has 0 bridgehead atoms. The van der Waals surface area contributed by atoms with Crippen molar-refractivity contribution in [3.63, 3.8) is 0 Å². The molecule has 4 N–H and O–H groups in total. The largest absolute Gasteiger partial charge is 0.504 e. The molecule has 0 atom stereocenters. The highest BCUT2D eigenvalue weighted by molar-refractivity contribution is 5.90. The van der Waals surface area contributed by atoms with Gasteiger partial charge in [-0.2, -0.15) is 0 Å². The van der Waals surface area contributed by atoms with Gasteiger partial charge in [-0.15, -0.1) is 0 Å². The standard InChI is InChI=1S/C15H11O5/c16-6-5-11(9-1-3-12(17)14(19)7-9)10-2-4-13(18)15(20)8-10/h1-5,7-8,17-20H. The summed E-state index contributed by atoms with van der Waals surface area (Å²) in [6.07, 6.45) is 2.77. The highest BCUT2D eigenvalue weighted by atomic mass is 16.3. The average Bonchev–Trinajstić information content (AvgIpc) is 2.43. The molecule has 0 aliphatic rings. The van der Waals surface area contributed by atoms with Gasteiger partial charge in [-0.25, -0.2) is 0 Å². The maximum absolute atomic E-state index is 10.6. The van der Waals surface area contributed by atoms with Crippen molar-refractivity contribution < 1.29 is 25.2 Å². The summed E-state index contributed by atoms with van der Waals surface area (Å²) in [5, 5.41) is 37.6. The van der Waals surface area contributed by atoms with E-state index >= 15 is 0 Å². The van der Waals surface area contributed by atoms with Crippen LogP contribution in [-0.4, -0.2) is 26.7 Å². The van der Waals surface area contributed by atoms with Crippen molar-refractivity contribution in [2.75, 3.05) is 0 Å². The van der Waals surface area contributed by atoms with Crippen molar-refractivity contribution in [3.05, 3.63) is 53.6 Å². The summed E-state index contributed by atoms with van der Waals surface area (Å²) < 4.78 is 0. The summed E-state index contributed by atoms with van der Waals surface area (Å²) in [7, 11) is 0. The molecule has 0 fully saturated rings. The van der Waals surface area contributed by atoms with Gasteiger partial charge >= 0.3 is 0 Å². The molecule has 5 nitrogen and oxygen atoms in total. The first kappa shape index (κ1) is 13.5. The van der Waals surface area contributed by atoms with Gasteiger partial charge in [-0.05, 0) is 47.0 Å². The molecule has 2 rings (SSSR count). The van der Waals surface area contributed by atoms with E-state index < -0.39 is 0 Å². The lowest BCUT2D eigenvalue weighted by Crippen LogP contribution is -1.89. The van der Waals surface area contributed by atoms with E-state index in [1.54, 1.807) is 6.29 Å². The van der Waals surface area contributed by atoms with Gasteiger partial charge in [0.25, 0.3) is 0 Å². The van der Waals surface area contributed by atoms with Gasteiger partial charge in [0.15, 0.2) is 23.0 Å². The van der Waals surface area contributed by atoms with Crippen molar-refractivity contribution in [3.8, 4) is 23.0 Å². The Bertz CT molecular complexity index is 635. The van der Waals surface area contributed by atoms with E-state index in [0.717, 1.165) is 6.08 Å². The lowest BCUT2D eigenvalue weighted by atomic mass is 9.97. The molecule has 0 spiro atoms. The van der Waals surface area contributed by atoms with Crippen molar-refractivity contribution in [2.24, 2.45) is 0 Å². The molecule has 0 aliphatic carbocycles. The van der Waals surface area contributed by atoms with Crippen LogP contribution in [0.2, 0.25) is 0 Å². The monoisotopic (exact) mass is 271 g/mol. The molecule has 2 aromatic rings. The molecule has 20 heavy (non-hydrogen) atoms. The zero-order valence-corrected chi connectivity index (χ0v) is 10.2. The van der Waals surface area contributed by atoms with E-state index in [1.165, 1.54) is 36.4 Å². The summed E-state index contributed by atoms with van der Waals surface area (Å²) in [5.74, 6) is -1.22. The van der Waals surface area contributed by atoms with E-state index in [4.69, 9.17) is 0 Å². The fourth-order valence-corrected chi connectivity index (χ4v) is 1.77. The molecule has 0 saturated heterocycles. The van der Waals surface area contributed by atoms with Crippen LogP contribution in [0.25, 0.3) is 5.57 Å². The smallest absolute Gasteiger partial charge is 0.226 e. The highest BCUT2D eigenvalue weighted by Gasteiger charge is 2.10. The number of hydrogen-bond acceptors (Lipinski definition) is 5. The molecule has 101 valence electrons. The van der Waals surface area contributed by atoms with Crippen LogP contribution in [0, 0.1) is 0 Å². The minimum Gasteiger partial charge on any atom is -0.504 e. The Balaban J connectivity index is 2.56. The van der Waals surface area contributed by atoms with E-state index in [2.05, 4.69) is 0 Å². The van der Waals surface area contributed by atoms with Gasteiger partial charge in [-0.3, -0.25) is 4.79 Å². The molecule has 0 saturated carbocycles. The maximum atomic E-state index is 10.6. The van der Waals surface area contributed by atoms with Crippen molar-refractivity contribution in [1.29, 1.82) is 0 Å². The number of allylic oxidation sites excluding steroid dienone is 1. The van der Waals surface area contributed by atoms with Crippen LogP contribution in [0.15, 0.2) is 42.5 Å². The predicted molar refractivity (Wildman–Crippen MR) is 72.3 cm³/mol. The molecule has 5 heteroatoms. The van der Waals surface area contributed by atoms with Crippen molar-refractivity contribution >= 4 is 11.9 Å². The molecule has 1 radical (unpaired) electrons. The Hall–Kier alpha value is -2.95. The predicted octanol–water partition coefficient (Wildman–Crippen LogP) is 2.05. The SMILES string of the molecule is O=[C]C=C(c1ccc(O)c(O)c1)c1ccc(O)c(O)c1. The number of phenolic OH excluding ortho intramolecular Hbond substituents is 4. The van der Waals surface area contributed by atoms with Crippen LogP contribution in [0.4, 0.5) is 0 Å². The van der Waals surface area contributed by atoms with Gasteiger partial charge in [0.05, 0.1) is 0 Å². The van der Waals surface area contributed by atoms with Gasteiger partial charge < -0.3 is 20.4 Å². The average molecular weight is 271 g/mol. The second kappa shape index (κ2) is 5.36. The quantitative estimate of drug-likeness (QED) is 0.506. The zero-order valence-electron chi connectivity index (χ0n) is 10.2. The first-order valence-corrected chi connectivity index (χ1v) is 5.65. The Morgan fingerprint density at radius 3 is 1.60 bits per heavy atom. The highest BCUT2D eigenvalue weighted by Crippen LogP contribution is 2.34. The molecule has 2 aromatic carbocycles. The zero-order chi connectivity index (χ0) is 14.7. The number of rotatable bonds is 3. The first-order chi connectivity index (χ1) is 9.52. The van der Waals surface area contributed by atoms with Gasteiger partial charge in [-0.1, -0.05) is 12.1 Å². The second-order valence-electron chi connectivity index (χ2n) is 4.08. The van der Waals surface area contributed by atoms with E-state index in [9.17, 15) is 25.2 Å². The molecule has 0 heterocycles. The summed E-state index contributed by atoms with van der Waals surface area (Å²) >= 11 is 0. The van der Waals surface area contributed by atoms with Crippen LogP contribution in [0.1, 0.15) is 11.1 Å². The van der Waals surface area contributed by atoms with Crippen LogP contribution in [0.3, 0.4) is 0 Å². The van der Waals surface area contributed by atoms with Crippen molar-refractivity contribution in [2.45, 2.75) is 0 Å². The third-order valence-electron chi connectivity index (χ3n) is 2.78. The minimum atomic E-state index is -0.331. The first-order valence-electron chi connectivity index (χ1n) is 5.65. The second-order valence-corrected chi connectivity index (χ2v) is 4.08. The molecule has 0 unspecified atom stereocenters. The number of phenols is 4. The van der Waals surface area contributed by atoms with Crippen LogP contribution in [-0.2, 0) is 4.79 Å². The number of carbonyl (C=O) groups excluding carboxylic acids is 1. The van der Waals surface area contributed by atoms with Crippen LogP contribution in [0.5, 0.6) is 23.0 Å². The lowest BCUT2D eigenvalue weighted by Gasteiger charge is -2.09. The Morgan fingerprint density at radius 2 is 1.25 bits per heavy atom. The van der Waals surface area contributed by atoms with Crippen molar-refractivity contribution in [1.82, 2.24) is 0 Å². The van der Waals surface area contributed by atoms with Crippen LogP contribution < -0.4 is 0 Å². The Labute approximate surface area is 114 Å². The van der Waals surface area contributed by atoms with Gasteiger partial charge in [0, 0.05) is 0 Å². The Morgan fingerprint density at radius 1 is 0.800 bits per heavy atom. The summed E-state index contributed by atoms with van der Waals surface area (Å²) in [5.41, 5.74) is 1.29. The van der Waals surface area contributed by atoms with E-state index in [0.29, 0.717) is 16.7 Å². The number of aromatic hydroxyl groups is 4. The molecular weight excluding hydrogens is 260 g/mol. The fraction of sp³-hybridized carbons (Fsp3) is 0. The fourth-order valence-electron chi connectivity index (χ4n) is 1.77.